The summed E-state index contributed by atoms with van der Waals surface area (Å²) < 4.78 is 43.2. The summed E-state index contributed by atoms with van der Waals surface area (Å²) in [4.78, 5) is 0. The molecule has 0 aliphatic carbocycles. The van der Waals surface area contributed by atoms with Crippen LogP contribution >= 0.6 is 22.6 Å². The molecule has 8 heavy (non-hydrogen) atoms. The fourth-order valence-corrected chi connectivity index (χ4v) is 0.0825. The fraction of sp³-hybridized carbons (Fsp3) is 0.333. The molecule has 0 heterocycles. The van der Waals surface area contributed by atoms with Gasteiger partial charge in [-0.05, 0) is 22.6 Å². The van der Waals surface area contributed by atoms with E-state index in [0.717, 1.165) is 22.6 Å². The number of hydrogen-bond acceptors (Lipinski definition) is 0. The van der Waals surface area contributed by atoms with Crippen LogP contribution in [0, 0.1) is 0 Å². The molecule has 0 N–H and O–H groups in total. The van der Waals surface area contributed by atoms with Gasteiger partial charge in [-0.3, -0.25) is 0 Å². The van der Waals surface area contributed by atoms with E-state index in [1.54, 1.807) is 0 Å². The lowest BCUT2D eigenvalue weighted by Crippen LogP contribution is -1.88. The zero-order valence-electron chi connectivity index (χ0n) is 3.47. The van der Waals surface area contributed by atoms with Crippen LogP contribution in [0.15, 0.2) is 9.66 Å². The minimum atomic E-state index is -3.04. The van der Waals surface area contributed by atoms with Gasteiger partial charge in [-0.1, -0.05) is 0 Å². The second kappa shape index (κ2) is 3.26. The van der Waals surface area contributed by atoms with Crippen molar-refractivity contribution in [3.63, 3.8) is 0 Å². The normalized spacial score (nSPS) is 9.75. The molecule has 0 amide bonds. The Bertz CT molecular complexity index is 104. The van der Waals surface area contributed by atoms with Crippen molar-refractivity contribution in [2.45, 2.75) is 6.43 Å². The van der Waals surface area contributed by atoms with Crippen LogP contribution in [-0.2, 0) is 0 Å². The van der Waals surface area contributed by atoms with Gasteiger partial charge in [-0.25, -0.2) is 8.78 Å². The van der Waals surface area contributed by atoms with E-state index in [1.165, 1.54) is 0 Å². The third kappa shape index (κ3) is 2.49. The van der Waals surface area contributed by atoms with Gasteiger partial charge in [-0.2, -0.15) is 8.78 Å². The Morgan fingerprint density at radius 1 is 1.25 bits per heavy atom. The Hall–Kier alpha value is 0.190. The van der Waals surface area contributed by atoms with Crippen molar-refractivity contribution in [3.05, 3.63) is 9.66 Å². The van der Waals surface area contributed by atoms with E-state index in [4.69, 9.17) is 0 Å². The standard InChI is InChI=1S/C3HF4I/c4-2(5)1(8)3(6)7/h2H. The third-order valence-corrected chi connectivity index (χ3v) is 1.25. The first kappa shape index (κ1) is 8.19. The number of allylic oxidation sites excluding steroid dienone is 1. The van der Waals surface area contributed by atoms with Gasteiger partial charge in [0.15, 0.2) is 0 Å². The summed E-state index contributed by atoms with van der Waals surface area (Å²) in [5.74, 6) is 0. The van der Waals surface area contributed by atoms with Crippen molar-refractivity contribution in [2.24, 2.45) is 0 Å². The van der Waals surface area contributed by atoms with Crippen LogP contribution in [0.4, 0.5) is 17.6 Å². The molecule has 0 aromatic rings. The first-order chi connectivity index (χ1) is 3.55. The Kier molecular flexibility index (Phi) is 3.34. The number of rotatable bonds is 1. The first-order valence-corrected chi connectivity index (χ1v) is 2.62. The monoisotopic (exact) mass is 240 g/mol. The Balaban J connectivity index is 4.00. The summed E-state index contributed by atoms with van der Waals surface area (Å²) in [6.45, 7) is 0. The average Bonchev–Trinajstić information content (AvgIpc) is 1.64. The molecule has 0 spiro atoms. The Morgan fingerprint density at radius 3 is 1.62 bits per heavy atom. The summed E-state index contributed by atoms with van der Waals surface area (Å²) in [6.07, 6.45) is -5.35. The average molecular weight is 240 g/mol. The third-order valence-electron chi connectivity index (χ3n) is 0.372. The molecule has 0 unspecified atom stereocenters. The maximum atomic E-state index is 11.1. The molecular formula is C3HF4I. The van der Waals surface area contributed by atoms with E-state index in [9.17, 15) is 17.6 Å². The first-order valence-electron chi connectivity index (χ1n) is 1.54. The van der Waals surface area contributed by atoms with Gasteiger partial charge < -0.3 is 0 Å². The molecule has 0 aliphatic heterocycles. The molecule has 0 aliphatic rings. The molecular weight excluding hydrogens is 239 g/mol. The molecule has 0 fully saturated rings. The van der Waals surface area contributed by atoms with Gasteiger partial charge >= 0.3 is 0 Å². The molecule has 0 rings (SSSR count). The van der Waals surface area contributed by atoms with E-state index in [-0.39, 0.29) is 0 Å². The lowest BCUT2D eigenvalue weighted by Gasteiger charge is -1.90. The van der Waals surface area contributed by atoms with Crippen molar-refractivity contribution in [1.29, 1.82) is 0 Å². The summed E-state index contributed by atoms with van der Waals surface area (Å²) in [5, 5.41) is 0. The highest BCUT2D eigenvalue weighted by Crippen LogP contribution is 2.22. The molecule has 0 radical (unpaired) electrons. The SMILES string of the molecule is FC(F)=C(I)C(F)F. The van der Waals surface area contributed by atoms with Crippen LogP contribution in [-0.4, -0.2) is 6.43 Å². The Morgan fingerprint density at radius 2 is 1.62 bits per heavy atom. The molecule has 0 saturated heterocycles. The van der Waals surface area contributed by atoms with Crippen molar-refractivity contribution < 1.29 is 17.6 Å². The second-order valence-corrected chi connectivity index (χ2v) is 2.07. The largest absolute Gasteiger partial charge is 0.285 e. The molecule has 5 heteroatoms. The topological polar surface area (TPSA) is 0 Å². The predicted octanol–water partition coefficient (Wildman–Crippen LogP) is 2.79. The highest BCUT2D eigenvalue weighted by atomic mass is 127. The molecule has 0 bridgehead atoms. The van der Waals surface area contributed by atoms with Crippen LogP contribution in [0.1, 0.15) is 0 Å². The maximum absolute atomic E-state index is 11.1. The lowest BCUT2D eigenvalue weighted by atomic mass is 10.7. The van der Waals surface area contributed by atoms with Crippen molar-refractivity contribution in [1.82, 2.24) is 0 Å². The van der Waals surface area contributed by atoms with E-state index in [1.807, 2.05) is 0 Å². The quantitative estimate of drug-likeness (QED) is 0.488. The summed E-state index contributed by atoms with van der Waals surface area (Å²) in [7, 11) is 0. The number of hydrogen-bond donors (Lipinski definition) is 0. The minimum Gasteiger partial charge on any atom is -0.204 e. The van der Waals surface area contributed by atoms with E-state index in [2.05, 4.69) is 0 Å². The van der Waals surface area contributed by atoms with Gasteiger partial charge in [0, 0.05) is 0 Å². The minimum absolute atomic E-state index is 0.901. The molecule has 0 nitrogen and oxygen atoms in total. The van der Waals surface area contributed by atoms with Gasteiger partial charge in [-0.15, -0.1) is 0 Å². The van der Waals surface area contributed by atoms with Crippen LogP contribution in [0.2, 0.25) is 0 Å². The van der Waals surface area contributed by atoms with Gasteiger partial charge in [0.25, 0.3) is 12.5 Å². The highest BCUT2D eigenvalue weighted by Gasteiger charge is 2.12. The van der Waals surface area contributed by atoms with Gasteiger partial charge in [0.05, 0.1) is 0 Å². The van der Waals surface area contributed by atoms with Crippen molar-refractivity contribution >= 4 is 22.6 Å². The van der Waals surface area contributed by atoms with E-state index < -0.39 is 16.1 Å². The lowest BCUT2D eigenvalue weighted by molar-refractivity contribution is 0.193. The summed E-state index contributed by atoms with van der Waals surface area (Å²) in [5.41, 5.74) is 0. The zero-order valence-corrected chi connectivity index (χ0v) is 5.62. The second-order valence-electron chi connectivity index (χ2n) is 0.909. The summed E-state index contributed by atoms with van der Waals surface area (Å²) in [6, 6.07) is 0. The molecule has 0 aromatic heterocycles. The molecule has 48 valence electrons. The number of alkyl halides is 2. The van der Waals surface area contributed by atoms with Crippen LogP contribution < -0.4 is 0 Å². The molecule has 0 aromatic carbocycles. The smallest absolute Gasteiger partial charge is 0.204 e. The highest BCUT2D eigenvalue weighted by molar-refractivity contribution is 14.1. The fourth-order valence-electron chi connectivity index (χ4n) is 0.0825. The van der Waals surface area contributed by atoms with E-state index >= 15 is 0 Å². The number of halogens is 5. The van der Waals surface area contributed by atoms with Gasteiger partial charge in [0.1, 0.15) is 3.58 Å². The molecule has 0 atom stereocenters. The molecule has 0 saturated carbocycles. The predicted molar refractivity (Wildman–Crippen MR) is 29.3 cm³/mol. The maximum Gasteiger partial charge on any atom is 0.285 e. The van der Waals surface area contributed by atoms with Crippen LogP contribution in [0.5, 0.6) is 0 Å². The van der Waals surface area contributed by atoms with Crippen LogP contribution in [0.3, 0.4) is 0 Å². The van der Waals surface area contributed by atoms with Gasteiger partial charge in [0.2, 0.25) is 0 Å². The van der Waals surface area contributed by atoms with Crippen LogP contribution in [0.25, 0.3) is 0 Å². The summed E-state index contributed by atoms with van der Waals surface area (Å²) >= 11 is 0.901. The van der Waals surface area contributed by atoms with E-state index in [0.29, 0.717) is 0 Å². The Labute approximate surface area is 56.7 Å². The zero-order chi connectivity index (χ0) is 6.73. The van der Waals surface area contributed by atoms with Crippen molar-refractivity contribution in [2.75, 3.05) is 0 Å². The van der Waals surface area contributed by atoms with Crippen molar-refractivity contribution in [3.8, 4) is 0 Å².